The zero-order valence-electron chi connectivity index (χ0n) is 16.3. The second-order valence-electron chi connectivity index (χ2n) is 7.00. The maximum absolute atomic E-state index is 11.5. The van der Waals surface area contributed by atoms with Gasteiger partial charge in [-0.05, 0) is 48.7 Å². The second-order valence-corrected chi connectivity index (χ2v) is 7.00. The summed E-state index contributed by atoms with van der Waals surface area (Å²) in [5.74, 6) is 0.505. The molecule has 148 valence electrons. The third-order valence-corrected chi connectivity index (χ3v) is 4.97. The summed E-state index contributed by atoms with van der Waals surface area (Å²) in [5, 5.41) is 20.6. The van der Waals surface area contributed by atoms with E-state index in [2.05, 4.69) is 6.92 Å². The molecule has 0 bridgehead atoms. The van der Waals surface area contributed by atoms with E-state index in [-0.39, 0.29) is 12.2 Å². The van der Waals surface area contributed by atoms with Gasteiger partial charge in [-0.25, -0.2) is 0 Å². The number of hydrogen-bond acceptors (Lipinski definition) is 4. The number of aromatic hydroxyl groups is 1. The van der Waals surface area contributed by atoms with Crippen LogP contribution in [0.2, 0.25) is 0 Å². The van der Waals surface area contributed by atoms with E-state index in [1.165, 1.54) is 6.42 Å². The third-order valence-electron chi connectivity index (χ3n) is 4.97. The van der Waals surface area contributed by atoms with Gasteiger partial charge in [0.25, 0.3) is 0 Å². The molecule has 1 heterocycles. The number of phenolic OH excluding ortho intramolecular Hbond substituents is 1. The molecular weight excluding hydrogens is 356 g/mol. The number of aliphatic carboxylic acids is 1. The van der Waals surface area contributed by atoms with E-state index < -0.39 is 5.97 Å². The van der Waals surface area contributed by atoms with Gasteiger partial charge in [0.05, 0.1) is 13.5 Å². The van der Waals surface area contributed by atoms with Crippen LogP contribution in [-0.2, 0) is 17.6 Å². The topological polar surface area (TPSA) is 79.9 Å². The Balaban J connectivity index is 2.04. The minimum absolute atomic E-state index is 0.144. The van der Waals surface area contributed by atoms with E-state index >= 15 is 0 Å². The van der Waals surface area contributed by atoms with Crippen LogP contribution < -0.4 is 4.74 Å². The maximum atomic E-state index is 11.5. The van der Waals surface area contributed by atoms with Crippen molar-refractivity contribution in [3.8, 4) is 22.8 Å². The van der Waals surface area contributed by atoms with E-state index in [0.717, 1.165) is 42.2 Å². The third kappa shape index (κ3) is 4.30. The number of benzene rings is 2. The van der Waals surface area contributed by atoms with Crippen LogP contribution in [0, 0.1) is 0 Å². The quantitative estimate of drug-likeness (QED) is 0.473. The molecular formula is C23H26O5. The van der Waals surface area contributed by atoms with E-state index in [4.69, 9.17) is 9.15 Å². The van der Waals surface area contributed by atoms with Crippen LogP contribution in [0.4, 0.5) is 0 Å². The number of carboxylic acid groups (broad SMARTS) is 1. The highest BCUT2D eigenvalue weighted by Gasteiger charge is 2.20. The summed E-state index contributed by atoms with van der Waals surface area (Å²) in [5.41, 5.74) is 2.73. The summed E-state index contributed by atoms with van der Waals surface area (Å²) in [6.07, 6.45) is 5.04. The Morgan fingerprint density at radius 1 is 1.11 bits per heavy atom. The van der Waals surface area contributed by atoms with Crippen molar-refractivity contribution in [1.82, 2.24) is 0 Å². The van der Waals surface area contributed by atoms with Gasteiger partial charge in [0.15, 0.2) is 0 Å². The first kappa shape index (κ1) is 19.8. The van der Waals surface area contributed by atoms with Crippen LogP contribution in [0.1, 0.15) is 43.7 Å². The Kier molecular flexibility index (Phi) is 6.24. The van der Waals surface area contributed by atoms with Crippen LogP contribution in [0.25, 0.3) is 22.3 Å². The molecule has 2 aromatic carbocycles. The first-order valence-corrected chi connectivity index (χ1v) is 9.67. The number of carboxylic acids is 1. The van der Waals surface area contributed by atoms with E-state index in [0.29, 0.717) is 22.7 Å². The summed E-state index contributed by atoms with van der Waals surface area (Å²) in [6.45, 7) is 2.16. The molecule has 0 saturated heterocycles. The van der Waals surface area contributed by atoms with Crippen LogP contribution in [0.3, 0.4) is 0 Å². The number of carbonyl (C=O) groups is 1. The Hall–Kier alpha value is -2.95. The number of fused-ring (bicyclic) bond motifs is 1. The number of rotatable bonds is 9. The molecule has 2 N–H and O–H groups in total. The van der Waals surface area contributed by atoms with Gasteiger partial charge in [0.2, 0.25) is 0 Å². The SMILES string of the molecule is CCCCCCc1cc2c(CC(=O)O)c(-c3ccc(OC)cc3)oc2cc1O. The van der Waals surface area contributed by atoms with Crippen molar-refractivity contribution in [2.45, 2.75) is 45.4 Å². The predicted molar refractivity (Wildman–Crippen MR) is 109 cm³/mol. The van der Waals surface area contributed by atoms with Gasteiger partial charge >= 0.3 is 5.97 Å². The highest BCUT2D eigenvalue weighted by atomic mass is 16.5. The molecule has 1 aromatic heterocycles. The average molecular weight is 382 g/mol. The van der Waals surface area contributed by atoms with Gasteiger partial charge in [0, 0.05) is 22.6 Å². The van der Waals surface area contributed by atoms with Crippen molar-refractivity contribution in [1.29, 1.82) is 0 Å². The molecule has 0 spiro atoms. The Labute approximate surface area is 164 Å². The van der Waals surface area contributed by atoms with Crippen molar-refractivity contribution in [3.05, 3.63) is 47.5 Å². The molecule has 5 heteroatoms. The van der Waals surface area contributed by atoms with Gasteiger partial charge in [-0.2, -0.15) is 0 Å². The molecule has 0 aliphatic rings. The number of furan rings is 1. The van der Waals surface area contributed by atoms with Crippen molar-refractivity contribution < 1.29 is 24.2 Å². The lowest BCUT2D eigenvalue weighted by atomic mass is 9.99. The van der Waals surface area contributed by atoms with Gasteiger partial charge < -0.3 is 19.4 Å². The van der Waals surface area contributed by atoms with Gasteiger partial charge in [-0.1, -0.05) is 26.2 Å². The standard InChI is InChI=1S/C23H26O5/c1-3-4-5-6-7-16-12-18-19(13-22(25)26)23(28-21(18)14-20(16)24)15-8-10-17(27-2)11-9-15/h8-12,14,24H,3-7,13H2,1-2H3,(H,25,26). The normalized spacial score (nSPS) is 11.1. The van der Waals surface area contributed by atoms with Crippen molar-refractivity contribution in [2.75, 3.05) is 7.11 Å². The highest BCUT2D eigenvalue weighted by Crippen LogP contribution is 2.38. The summed E-state index contributed by atoms with van der Waals surface area (Å²) in [7, 11) is 1.59. The lowest BCUT2D eigenvalue weighted by Crippen LogP contribution is -2.01. The zero-order chi connectivity index (χ0) is 20.1. The lowest BCUT2D eigenvalue weighted by molar-refractivity contribution is -0.136. The van der Waals surface area contributed by atoms with Crippen LogP contribution in [-0.4, -0.2) is 23.3 Å². The summed E-state index contributed by atoms with van der Waals surface area (Å²) < 4.78 is 11.2. The van der Waals surface area contributed by atoms with Gasteiger partial charge in [-0.3, -0.25) is 4.79 Å². The number of ether oxygens (including phenoxy) is 1. The van der Waals surface area contributed by atoms with Crippen LogP contribution in [0.5, 0.6) is 11.5 Å². The van der Waals surface area contributed by atoms with E-state index in [1.54, 1.807) is 13.2 Å². The number of unbranched alkanes of at least 4 members (excludes halogenated alkanes) is 3. The molecule has 0 saturated carbocycles. The monoisotopic (exact) mass is 382 g/mol. The molecule has 3 aromatic rings. The molecule has 0 atom stereocenters. The van der Waals surface area contributed by atoms with Crippen LogP contribution in [0.15, 0.2) is 40.8 Å². The van der Waals surface area contributed by atoms with E-state index in [1.807, 2.05) is 30.3 Å². The second kappa shape index (κ2) is 8.83. The fourth-order valence-electron chi connectivity index (χ4n) is 3.47. The molecule has 0 unspecified atom stereocenters. The average Bonchev–Trinajstić information content (AvgIpc) is 3.02. The molecule has 3 rings (SSSR count). The minimum Gasteiger partial charge on any atom is -0.508 e. The number of aryl methyl sites for hydroxylation is 1. The first-order valence-electron chi connectivity index (χ1n) is 9.67. The maximum Gasteiger partial charge on any atom is 0.307 e. The molecule has 0 aliphatic carbocycles. The highest BCUT2D eigenvalue weighted by molar-refractivity contribution is 5.93. The summed E-state index contributed by atoms with van der Waals surface area (Å²) >= 11 is 0. The molecule has 28 heavy (non-hydrogen) atoms. The number of phenols is 1. The zero-order valence-corrected chi connectivity index (χ0v) is 16.3. The Bertz CT molecular complexity index is 953. The largest absolute Gasteiger partial charge is 0.508 e. The van der Waals surface area contributed by atoms with Gasteiger partial charge in [-0.15, -0.1) is 0 Å². The Morgan fingerprint density at radius 3 is 2.50 bits per heavy atom. The predicted octanol–water partition coefficient (Wildman–Crippen LogP) is 5.56. The fourth-order valence-corrected chi connectivity index (χ4v) is 3.47. The molecule has 0 fully saturated rings. The number of methoxy groups -OCH3 is 1. The van der Waals surface area contributed by atoms with Crippen molar-refractivity contribution in [3.63, 3.8) is 0 Å². The smallest absolute Gasteiger partial charge is 0.307 e. The Morgan fingerprint density at radius 2 is 1.86 bits per heavy atom. The molecule has 0 aliphatic heterocycles. The molecule has 0 radical (unpaired) electrons. The first-order chi connectivity index (χ1) is 13.5. The molecule has 5 nitrogen and oxygen atoms in total. The van der Waals surface area contributed by atoms with Crippen molar-refractivity contribution >= 4 is 16.9 Å². The summed E-state index contributed by atoms with van der Waals surface area (Å²) in [4.78, 5) is 11.5. The lowest BCUT2D eigenvalue weighted by Gasteiger charge is -2.05. The summed E-state index contributed by atoms with van der Waals surface area (Å²) in [6, 6.07) is 10.8. The molecule has 0 amide bonds. The van der Waals surface area contributed by atoms with Crippen molar-refractivity contribution in [2.24, 2.45) is 0 Å². The van der Waals surface area contributed by atoms with Gasteiger partial charge in [0.1, 0.15) is 22.8 Å². The number of hydrogen-bond donors (Lipinski definition) is 2. The fraction of sp³-hybridized carbons (Fsp3) is 0.348. The minimum atomic E-state index is -0.921. The van der Waals surface area contributed by atoms with Crippen LogP contribution >= 0.6 is 0 Å². The van der Waals surface area contributed by atoms with E-state index in [9.17, 15) is 15.0 Å².